The Morgan fingerprint density at radius 2 is 1.62 bits per heavy atom. The topological polar surface area (TPSA) is 97.9 Å². The molecule has 1 aliphatic heterocycles. The van der Waals surface area contributed by atoms with E-state index in [0.717, 1.165) is 16.8 Å². The number of rotatable bonds is 8. The van der Waals surface area contributed by atoms with Crippen molar-refractivity contribution in [2.45, 2.75) is 19.8 Å². The molecule has 1 heterocycles. The fraction of sp³-hybridized carbons (Fsp3) is 0.241. The van der Waals surface area contributed by atoms with Crippen LogP contribution in [0.5, 0.6) is 17.2 Å². The minimum atomic E-state index is -1.20. The van der Waals surface area contributed by atoms with Gasteiger partial charge in [0.05, 0.1) is 24.9 Å². The van der Waals surface area contributed by atoms with Gasteiger partial charge >= 0.3 is 0 Å². The van der Waals surface area contributed by atoms with Crippen LogP contribution in [-0.2, 0) is 9.59 Å². The predicted octanol–water partition coefficient (Wildman–Crippen LogP) is 6.01. The number of carbonyl (C=O) groups excluding carboxylic acids is 2. The van der Waals surface area contributed by atoms with Gasteiger partial charge in [0.2, 0.25) is 11.8 Å². The molecule has 3 aromatic carbocycles. The van der Waals surface area contributed by atoms with Crippen molar-refractivity contribution in [3.05, 3.63) is 76.6 Å². The zero-order valence-corrected chi connectivity index (χ0v) is 22.4. The van der Waals surface area contributed by atoms with E-state index in [-0.39, 0.29) is 5.02 Å². The van der Waals surface area contributed by atoms with Crippen LogP contribution < -0.4 is 30.2 Å². The highest BCUT2D eigenvalue weighted by Crippen LogP contribution is 2.48. The molecule has 0 unspecified atom stereocenters. The number of carbonyl (C=O) groups is 2. The highest BCUT2D eigenvalue weighted by atomic mass is 35.5. The molecule has 1 fully saturated rings. The molecule has 0 bridgehead atoms. The number of hydrogen-bond donors (Lipinski definition) is 3. The Labute approximate surface area is 230 Å². The van der Waals surface area contributed by atoms with Gasteiger partial charge in [-0.05, 0) is 67.8 Å². The monoisotopic (exact) mass is 551 g/mol. The number of methoxy groups -OCH3 is 2. The lowest BCUT2D eigenvalue weighted by molar-refractivity contribution is -0.131. The van der Waals surface area contributed by atoms with E-state index in [1.807, 2.05) is 25.1 Å². The first-order valence-electron chi connectivity index (χ1n) is 12.3. The second kappa shape index (κ2) is 10.5. The van der Waals surface area contributed by atoms with Crippen LogP contribution in [-0.4, -0.2) is 32.6 Å². The van der Waals surface area contributed by atoms with E-state index < -0.39 is 23.0 Å². The Bertz CT molecular complexity index is 1490. The summed E-state index contributed by atoms with van der Waals surface area (Å²) in [6, 6.07) is 12.4. The van der Waals surface area contributed by atoms with Gasteiger partial charge in [0.25, 0.3) is 0 Å². The quantitative estimate of drug-likeness (QED) is 0.297. The second-order valence-corrected chi connectivity index (χ2v) is 9.81. The maximum Gasteiger partial charge on any atom is 0.240 e. The molecule has 10 heteroatoms. The van der Waals surface area contributed by atoms with Crippen LogP contribution in [0.3, 0.4) is 0 Å². The molecular formula is C29H27ClFN3O5. The summed E-state index contributed by atoms with van der Waals surface area (Å²) in [7, 11) is 3.15. The third-order valence-electron chi connectivity index (χ3n) is 6.82. The normalized spacial score (nSPS) is 14.7. The van der Waals surface area contributed by atoms with Gasteiger partial charge in [-0.1, -0.05) is 11.6 Å². The van der Waals surface area contributed by atoms with Crippen LogP contribution >= 0.6 is 11.6 Å². The van der Waals surface area contributed by atoms with Gasteiger partial charge in [-0.25, -0.2) is 4.39 Å². The van der Waals surface area contributed by atoms with Gasteiger partial charge in [-0.3, -0.25) is 9.59 Å². The third kappa shape index (κ3) is 5.22. The minimum absolute atomic E-state index is 0.265. The van der Waals surface area contributed by atoms with Crippen molar-refractivity contribution >= 4 is 46.2 Å². The lowest BCUT2D eigenvalue weighted by Gasteiger charge is -2.23. The molecule has 8 nitrogen and oxygen atoms in total. The molecule has 0 atom stereocenters. The molecule has 39 heavy (non-hydrogen) atoms. The summed E-state index contributed by atoms with van der Waals surface area (Å²) >= 11 is 6.55. The van der Waals surface area contributed by atoms with Crippen LogP contribution in [0.15, 0.2) is 54.6 Å². The van der Waals surface area contributed by atoms with Crippen molar-refractivity contribution in [3.8, 4) is 17.2 Å². The summed E-state index contributed by atoms with van der Waals surface area (Å²) in [5, 5.41) is 9.05. The van der Waals surface area contributed by atoms with Gasteiger partial charge in [0, 0.05) is 35.6 Å². The van der Waals surface area contributed by atoms with E-state index in [9.17, 15) is 14.0 Å². The SMILES string of the molecule is COc1cc2c(cc1OC)C(Oc1cc(Cl)c(NC(=O)C3(C(=O)Nc4ccc(F)cc4)CC3)cc1C)=CCN2. The van der Waals surface area contributed by atoms with Crippen LogP contribution in [0, 0.1) is 18.2 Å². The second-order valence-electron chi connectivity index (χ2n) is 9.40. The van der Waals surface area contributed by atoms with Crippen molar-refractivity contribution in [1.82, 2.24) is 0 Å². The zero-order chi connectivity index (χ0) is 27.7. The zero-order valence-electron chi connectivity index (χ0n) is 21.6. The average molecular weight is 552 g/mol. The molecule has 0 radical (unpaired) electrons. The van der Waals surface area contributed by atoms with Gasteiger partial charge in [0.15, 0.2) is 11.5 Å². The van der Waals surface area contributed by atoms with Crippen LogP contribution in [0.2, 0.25) is 5.02 Å². The van der Waals surface area contributed by atoms with E-state index in [1.165, 1.54) is 24.3 Å². The molecule has 0 spiro atoms. The molecular weight excluding hydrogens is 525 g/mol. The Balaban J connectivity index is 1.32. The highest BCUT2D eigenvalue weighted by Gasteiger charge is 2.56. The maximum absolute atomic E-state index is 13.2. The number of nitrogens with one attached hydrogen (secondary N) is 3. The number of halogens is 2. The van der Waals surface area contributed by atoms with Crippen molar-refractivity contribution in [3.63, 3.8) is 0 Å². The molecule has 3 N–H and O–H groups in total. The molecule has 1 aliphatic carbocycles. The summed E-state index contributed by atoms with van der Waals surface area (Å²) in [6.45, 7) is 2.40. The number of ether oxygens (including phenoxy) is 3. The standard InChI is InChI=1S/C29H27ClFN3O5/c1-16-12-22(34-28(36)29(9-10-29)27(35)33-18-6-4-17(31)5-7-18)20(30)14-24(16)39-23-8-11-32-21-15-26(38-3)25(37-2)13-19(21)23/h4-8,12-15,32H,9-11H2,1-3H3,(H,33,35)(H,34,36). The maximum atomic E-state index is 13.2. The lowest BCUT2D eigenvalue weighted by atomic mass is 10.0. The largest absolute Gasteiger partial charge is 0.493 e. The van der Waals surface area contributed by atoms with Crippen LogP contribution in [0.4, 0.5) is 21.5 Å². The molecule has 0 aromatic heterocycles. The van der Waals surface area contributed by atoms with Crippen molar-refractivity contribution in [2.24, 2.45) is 5.41 Å². The fourth-order valence-electron chi connectivity index (χ4n) is 4.39. The summed E-state index contributed by atoms with van der Waals surface area (Å²) in [5.74, 6) is 1.00. The van der Waals surface area contributed by atoms with E-state index in [2.05, 4.69) is 16.0 Å². The smallest absolute Gasteiger partial charge is 0.240 e. The number of aryl methyl sites for hydroxylation is 1. The van der Waals surface area contributed by atoms with Gasteiger partial charge in [-0.15, -0.1) is 0 Å². The summed E-state index contributed by atoms with van der Waals surface area (Å²) in [6.07, 6.45) is 2.72. The Morgan fingerprint density at radius 1 is 0.949 bits per heavy atom. The van der Waals surface area contributed by atoms with Crippen molar-refractivity contribution < 1.29 is 28.2 Å². The molecule has 202 valence electrons. The summed E-state index contributed by atoms with van der Waals surface area (Å²) in [4.78, 5) is 26.0. The average Bonchev–Trinajstić information content (AvgIpc) is 3.74. The number of amides is 2. The van der Waals surface area contributed by atoms with Crippen molar-refractivity contribution in [1.29, 1.82) is 0 Å². The van der Waals surface area contributed by atoms with E-state index in [4.69, 9.17) is 25.8 Å². The van der Waals surface area contributed by atoms with E-state index >= 15 is 0 Å². The molecule has 2 amide bonds. The minimum Gasteiger partial charge on any atom is -0.493 e. The number of benzene rings is 3. The first-order chi connectivity index (χ1) is 18.7. The summed E-state index contributed by atoms with van der Waals surface area (Å²) < 4.78 is 30.3. The number of fused-ring (bicyclic) bond motifs is 1. The lowest BCUT2D eigenvalue weighted by Crippen LogP contribution is -2.35. The Morgan fingerprint density at radius 3 is 2.28 bits per heavy atom. The molecule has 3 aromatic rings. The van der Waals surface area contributed by atoms with Crippen LogP contribution in [0.1, 0.15) is 24.0 Å². The Hall–Kier alpha value is -4.24. The van der Waals surface area contributed by atoms with E-state index in [1.54, 1.807) is 26.4 Å². The van der Waals surface area contributed by atoms with Gasteiger partial charge in [-0.2, -0.15) is 0 Å². The summed E-state index contributed by atoms with van der Waals surface area (Å²) in [5.41, 5.74) is 1.96. The van der Waals surface area contributed by atoms with Crippen molar-refractivity contribution in [2.75, 3.05) is 36.7 Å². The first-order valence-corrected chi connectivity index (χ1v) is 12.7. The molecule has 0 saturated heterocycles. The molecule has 1 saturated carbocycles. The van der Waals surface area contributed by atoms with E-state index in [0.29, 0.717) is 53.8 Å². The van der Waals surface area contributed by atoms with Gasteiger partial charge < -0.3 is 30.2 Å². The number of hydrogen-bond acceptors (Lipinski definition) is 6. The first kappa shape index (κ1) is 26.4. The van der Waals surface area contributed by atoms with Gasteiger partial charge in [0.1, 0.15) is 22.7 Å². The van der Waals surface area contributed by atoms with Crippen LogP contribution in [0.25, 0.3) is 5.76 Å². The highest BCUT2D eigenvalue weighted by molar-refractivity contribution is 6.34. The number of anilines is 3. The Kier molecular flexibility index (Phi) is 7.10. The fourth-order valence-corrected chi connectivity index (χ4v) is 4.59. The molecule has 2 aliphatic rings. The molecule has 5 rings (SSSR count). The third-order valence-corrected chi connectivity index (χ3v) is 7.14. The predicted molar refractivity (Wildman–Crippen MR) is 148 cm³/mol.